The fourth-order valence-corrected chi connectivity index (χ4v) is 13.1. The van der Waals surface area contributed by atoms with Crippen LogP contribution in [0.5, 0.6) is 0 Å². The standard InChI is InChI=1S/C62H81BN2S/c1-18-40(6)20-19-21-44-34-43(39(4)5)24-29-53(44)65-54-33-41(7)32-52(64-46-27-28-48(59(8,9)10)49(35-46)60(11,12)13)56(54)63(45-25-22-42(23-26-45)38(2)3)58-57(65)47-36-50-51(37-55(47)66-58)62(16,17)31-30-61(50,14)15/h18-23,25-29,32,34-39,43,48-49,54,64H,1,24,30-31,33H2,2-17H3/b21-19+,40-20-. The summed E-state index contributed by atoms with van der Waals surface area (Å²) < 4.78 is 2.88. The van der Waals surface area contributed by atoms with Crippen LogP contribution in [-0.2, 0) is 10.8 Å². The number of benzene rings is 2. The second kappa shape index (κ2) is 17.7. The molecule has 2 aromatic carbocycles. The topological polar surface area (TPSA) is 15.3 Å². The number of fused-ring (bicyclic) bond motifs is 5. The van der Waals surface area contributed by atoms with Crippen LogP contribution in [0.15, 0.2) is 143 Å². The highest BCUT2D eigenvalue weighted by Crippen LogP contribution is 2.52. The van der Waals surface area contributed by atoms with Crippen molar-refractivity contribution in [3.63, 3.8) is 0 Å². The molecular formula is C62H81BN2S. The van der Waals surface area contributed by atoms with E-state index in [9.17, 15) is 0 Å². The first-order chi connectivity index (χ1) is 30.9. The van der Waals surface area contributed by atoms with Crippen molar-refractivity contribution >= 4 is 44.1 Å². The van der Waals surface area contributed by atoms with E-state index in [1.54, 1.807) is 0 Å². The van der Waals surface area contributed by atoms with Gasteiger partial charge in [0.2, 0.25) is 0 Å². The van der Waals surface area contributed by atoms with Crippen molar-refractivity contribution < 1.29 is 0 Å². The van der Waals surface area contributed by atoms with Crippen LogP contribution in [0.25, 0.3) is 10.1 Å². The smallest absolute Gasteiger partial charge is 0.257 e. The molecule has 0 bridgehead atoms. The normalized spacial score (nSPS) is 24.3. The minimum Gasteiger partial charge on any atom is -0.356 e. The molecule has 8 rings (SSSR count). The van der Waals surface area contributed by atoms with E-state index in [1.807, 2.05) is 6.08 Å². The van der Waals surface area contributed by atoms with Gasteiger partial charge in [0, 0.05) is 32.0 Å². The van der Waals surface area contributed by atoms with Crippen LogP contribution in [0, 0.1) is 34.5 Å². The molecule has 2 heterocycles. The van der Waals surface area contributed by atoms with Crippen molar-refractivity contribution in [3.05, 3.63) is 160 Å². The first kappa shape index (κ1) is 48.2. The van der Waals surface area contributed by atoms with Gasteiger partial charge in [0.1, 0.15) is 0 Å². The number of rotatable bonds is 9. The number of anilines is 1. The summed E-state index contributed by atoms with van der Waals surface area (Å²) in [7, 11) is 0. The molecule has 4 atom stereocenters. The van der Waals surface area contributed by atoms with E-state index in [2.05, 4.69) is 230 Å². The molecule has 1 aliphatic heterocycles. The zero-order chi connectivity index (χ0) is 47.8. The Kier molecular flexibility index (Phi) is 12.9. The molecule has 4 unspecified atom stereocenters. The van der Waals surface area contributed by atoms with E-state index in [1.165, 1.54) is 94.8 Å². The Morgan fingerprint density at radius 3 is 2.17 bits per heavy atom. The van der Waals surface area contributed by atoms with E-state index >= 15 is 0 Å². The van der Waals surface area contributed by atoms with E-state index in [-0.39, 0.29) is 34.4 Å². The number of allylic oxidation sites excluding steroid dienone is 11. The summed E-state index contributed by atoms with van der Waals surface area (Å²) in [4.78, 5) is 2.85. The van der Waals surface area contributed by atoms with Crippen molar-refractivity contribution in [1.29, 1.82) is 0 Å². The summed E-state index contributed by atoms with van der Waals surface area (Å²) in [5.41, 5.74) is 17.0. The van der Waals surface area contributed by atoms with Gasteiger partial charge in [-0.05, 0) is 143 Å². The Morgan fingerprint density at radius 1 is 0.909 bits per heavy atom. The Bertz CT molecular complexity index is 2640. The van der Waals surface area contributed by atoms with Crippen LogP contribution in [0.1, 0.15) is 159 Å². The Balaban J connectivity index is 1.44. The van der Waals surface area contributed by atoms with Crippen LogP contribution in [0.3, 0.4) is 0 Å². The summed E-state index contributed by atoms with van der Waals surface area (Å²) in [6, 6.07) is 15.1. The maximum atomic E-state index is 4.22. The van der Waals surface area contributed by atoms with Gasteiger partial charge in [0.15, 0.2) is 0 Å². The minimum absolute atomic E-state index is 0.0902. The van der Waals surface area contributed by atoms with Gasteiger partial charge in [0.25, 0.3) is 6.71 Å². The van der Waals surface area contributed by atoms with Gasteiger partial charge in [0.05, 0.1) is 11.7 Å². The molecule has 0 spiro atoms. The number of nitrogens with zero attached hydrogens (tertiary/aromatic N) is 1. The molecule has 0 saturated carbocycles. The third-order valence-corrected chi connectivity index (χ3v) is 17.4. The second-order valence-corrected chi connectivity index (χ2v) is 26.0. The van der Waals surface area contributed by atoms with E-state index in [0.29, 0.717) is 29.6 Å². The zero-order valence-corrected chi connectivity index (χ0v) is 44.5. The summed E-state index contributed by atoms with van der Waals surface area (Å²) in [5.74, 6) is 2.34. The fourth-order valence-electron chi connectivity index (χ4n) is 11.8. The lowest BCUT2D eigenvalue weighted by Gasteiger charge is -2.47. The maximum absolute atomic E-state index is 4.22. The van der Waals surface area contributed by atoms with Crippen molar-refractivity contribution in [3.8, 4) is 0 Å². The Hall–Kier alpha value is -4.28. The van der Waals surface area contributed by atoms with Gasteiger partial charge in [-0.1, -0.05) is 193 Å². The van der Waals surface area contributed by atoms with Gasteiger partial charge in [-0.25, -0.2) is 0 Å². The largest absolute Gasteiger partial charge is 0.356 e. The highest BCUT2D eigenvalue weighted by molar-refractivity contribution is 7.32. The summed E-state index contributed by atoms with van der Waals surface area (Å²) >= 11 is 2.06. The second-order valence-electron chi connectivity index (χ2n) is 24.9. The first-order valence-corrected chi connectivity index (χ1v) is 26.2. The summed E-state index contributed by atoms with van der Waals surface area (Å²) in [6.07, 6.45) is 28.4. The molecule has 0 amide bonds. The zero-order valence-electron chi connectivity index (χ0n) is 43.7. The molecule has 3 aromatic rings. The lowest BCUT2D eigenvalue weighted by atomic mass is 9.35. The highest BCUT2D eigenvalue weighted by atomic mass is 32.1. The molecule has 0 radical (unpaired) electrons. The lowest BCUT2D eigenvalue weighted by molar-refractivity contribution is 0.140. The Labute approximate surface area is 405 Å². The molecule has 2 nitrogen and oxygen atoms in total. The number of hydrogen-bond donors (Lipinski definition) is 1. The third kappa shape index (κ3) is 9.07. The maximum Gasteiger partial charge on any atom is 0.257 e. The molecule has 348 valence electrons. The van der Waals surface area contributed by atoms with Crippen LogP contribution in [0.4, 0.5) is 5.69 Å². The van der Waals surface area contributed by atoms with Gasteiger partial charge in [-0.2, -0.15) is 0 Å². The quantitative estimate of drug-likeness (QED) is 0.170. The number of nitrogens with one attached hydrogen (secondary N) is 1. The average Bonchev–Trinajstić information content (AvgIpc) is 3.61. The summed E-state index contributed by atoms with van der Waals surface area (Å²) in [6.45, 7) is 42.4. The summed E-state index contributed by atoms with van der Waals surface area (Å²) in [5, 5.41) is 5.64. The predicted molar refractivity (Wildman–Crippen MR) is 293 cm³/mol. The highest BCUT2D eigenvalue weighted by Gasteiger charge is 2.48. The average molecular weight is 897 g/mol. The van der Waals surface area contributed by atoms with Crippen molar-refractivity contribution in [1.82, 2.24) is 5.32 Å². The van der Waals surface area contributed by atoms with Crippen molar-refractivity contribution in [2.75, 3.05) is 4.90 Å². The van der Waals surface area contributed by atoms with Gasteiger partial charge in [-0.15, -0.1) is 11.3 Å². The Morgan fingerprint density at radius 2 is 1.56 bits per heavy atom. The van der Waals surface area contributed by atoms with Crippen LogP contribution < -0.4 is 20.5 Å². The fraction of sp³-hybridized carbons (Fsp3) is 0.484. The minimum atomic E-state index is 0.0902. The van der Waals surface area contributed by atoms with Crippen molar-refractivity contribution in [2.45, 2.75) is 159 Å². The van der Waals surface area contributed by atoms with Gasteiger partial charge in [-0.3, -0.25) is 0 Å². The predicted octanol–water partition coefficient (Wildman–Crippen LogP) is 15.9. The van der Waals surface area contributed by atoms with Crippen LogP contribution >= 0.6 is 11.3 Å². The molecular weight excluding hydrogens is 816 g/mol. The molecule has 0 fully saturated rings. The molecule has 0 saturated heterocycles. The SMILES string of the molecule is C=C/C(C)=C\C=C\C1=CC(C(C)C)CC=C1N1c2c(sc3cc4c(cc23)C(C)(C)CCC4(C)C)B(c2ccc(C(C)C)cc2)C2=C(NC3=CC(C(C)(C)C)C(C(C)(C)C)C=C3)C=C(C)CC21. The lowest BCUT2D eigenvalue weighted by Crippen LogP contribution is -2.58. The van der Waals surface area contributed by atoms with Crippen LogP contribution in [0.2, 0.25) is 0 Å². The van der Waals surface area contributed by atoms with Gasteiger partial charge >= 0.3 is 0 Å². The van der Waals surface area contributed by atoms with E-state index in [0.717, 1.165) is 12.8 Å². The monoisotopic (exact) mass is 897 g/mol. The van der Waals surface area contributed by atoms with Crippen molar-refractivity contribution in [2.24, 2.45) is 34.5 Å². The molecule has 4 heteroatoms. The third-order valence-electron chi connectivity index (χ3n) is 16.2. The first-order valence-electron chi connectivity index (χ1n) is 25.4. The molecule has 4 aliphatic carbocycles. The molecule has 1 aromatic heterocycles. The van der Waals surface area contributed by atoms with E-state index < -0.39 is 0 Å². The molecule has 5 aliphatic rings. The van der Waals surface area contributed by atoms with Gasteiger partial charge < -0.3 is 10.2 Å². The number of hydrogen-bond acceptors (Lipinski definition) is 3. The van der Waals surface area contributed by atoms with Crippen LogP contribution in [-0.4, -0.2) is 12.8 Å². The molecule has 66 heavy (non-hydrogen) atoms. The van der Waals surface area contributed by atoms with E-state index in [4.69, 9.17) is 0 Å². The molecule has 1 N–H and O–H groups in total. The number of thiophene rings is 1.